The van der Waals surface area contributed by atoms with Crippen LogP contribution in [0, 0.1) is 12.8 Å². The fraction of sp³-hybridized carbons (Fsp3) is 0.524. The van der Waals surface area contributed by atoms with Gasteiger partial charge in [-0.25, -0.2) is 4.79 Å². The monoisotopic (exact) mass is 359 g/mol. The summed E-state index contributed by atoms with van der Waals surface area (Å²) in [6, 6.07) is 4.04. The molecule has 0 saturated carbocycles. The molecule has 1 aliphatic rings. The summed E-state index contributed by atoms with van der Waals surface area (Å²) in [6.45, 7) is 9.58. The molecule has 5 heteroatoms. The van der Waals surface area contributed by atoms with Crippen molar-refractivity contribution in [2.45, 2.75) is 47.0 Å². The predicted molar refractivity (Wildman–Crippen MR) is 104 cm³/mol. The molecule has 1 aliphatic heterocycles. The van der Waals surface area contributed by atoms with E-state index in [2.05, 4.69) is 11.1 Å². The molecule has 142 valence electrons. The van der Waals surface area contributed by atoms with Crippen LogP contribution in [0.25, 0.3) is 10.9 Å². The number of carbonyl (C=O) groups excluding carboxylic acids is 1. The van der Waals surface area contributed by atoms with Gasteiger partial charge in [0.1, 0.15) is 5.56 Å². The Morgan fingerprint density at radius 2 is 1.96 bits per heavy atom. The number of aryl methyl sites for hydroxylation is 1. The number of benzene rings is 1. The summed E-state index contributed by atoms with van der Waals surface area (Å²) in [4.78, 5) is 27.7. The summed E-state index contributed by atoms with van der Waals surface area (Å²) in [7, 11) is 0. The first-order chi connectivity index (χ1) is 12.6. The van der Waals surface area contributed by atoms with Gasteiger partial charge in [0.25, 0.3) is 0 Å². The van der Waals surface area contributed by atoms with E-state index in [-0.39, 0.29) is 17.6 Å². The molecule has 0 bridgehead atoms. The Hall–Kier alpha value is -2.14. The molecule has 1 aromatic carbocycles. The van der Waals surface area contributed by atoms with Crippen molar-refractivity contribution in [2.24, 2.45) is 5.92 Å². The molecule has 0 aliphatic carbocycles. The third-order valence-electron chi connectivity index (χ3n) is 4.61. The molecule has 0 unspecified atom stereocenters. The van der Waals surface area contributed by atoms with E-state index in [9.17, 15) is 9.59 Å². The third-order valence-corrected chi connectivity index (χ3v) is 4.61. The van der Waals surface area contributed by atoms with E-state index in [4.69, 9.17) is 9.47 Å². The van der Waals surface area contributed by atoms with E-state index >= 15 is 0 Å². The lowest BCUT2D eigenvalue weighted by atomic mass is 9.91. The van der Waals surface area contributed by atoms with Gasteiger partial charge in [0.2, 0.25) is 5.43 Å². The van der Waals surface area contributed by atoms with Crippen LogP contribution in [0.1, 0.15) is 55.1 Å². The second-order valence-corrected chi connectivity index (χ2v) is 6.35. The fourth-order valence-corrected chi connectivity index (χ4v) is 3.35. The van der Waals surface area contributed by atoms with Crippen LogP contribution in [0.5, 0.6) is 0 Å². The lowest BCUT2D eigenvalue weighted by Gasteiger charge is -2.22. The van der Waals surface area contributed by atoms with Gasteiger partial charge >= 0.3 is 5.97 Å². The van der Waals surface area contributed by atoms with Gasteiger partial charge < -0.3 is 14.5 Å². The van der Waals surface area contributed by atoms with Gasteiger partial charge in [-0.1, -0.05) is 19.9 Å². The number of aromatic nitrogens is 1. The zero-order valence-corrected chi connectivity index (χ0v) is 16.2. The van der Waals surface area contributed by atoms with Gasteiger partial charge in [0, 0.05) is 24.8 Å². The number of fused-ring (bicyclic) bond motifs is 1. The van der Waals surface area contributed by atoms with Crippen LogP contribution in [-0.2, 0) is 15.9 Å². The number of aromatic amines is 1. The molecule has 2 aromatic rings. The Morgan fingerprint density at radius 1 is 1.27 bits per heavy atom. The zero-order valence-electron chi connectivity index (χ0n) is 16.2. The highest BCUT2D eigenvalue weighted by atomic mass is 16.5. The van der Waals surface area contributed by atoms with Gasteiger partial charge in [-0.3, -0.25) is 4.79 Å². The summed E-state index contributed by atoms with van der Waals surface area (Å²) >= 11 is 0. The van der Waals surface area contributed by atoms with Crippen molar-refractivity contribution in [3.8, 4) is 0 Å². The molecule has 0 spiro atoms. The standard InChI is InChI=1S/C19H23NO4.C2H6/c1-3-24-19(22)16-11-20-17-12(2)8-14(10-15(17)18(16)21)9-13-4-6-23-7-5-13;1-2/h8,10-11,13H,3-7,9H2,1-2H3,(H,20,21);1-2H3. The topological polar surface area (TPSA) is 68.4 Å². The average Bonchev–Trinajstić information content (AvgIpc) is 2.65. The van der Waals surface area contributed by atoms with E-state index < -0.39 is 5.97 Å². The number of pyridine rings is 1. The van der Waals surface area contributed by atoms with E-state index in [0.29, 0.717) is 11.3 Å². The van der Waals surface area contributed by atoms with Gasteiger partial charge in [0.15, 0.2) is 0 Å². The molecule has 3 rings (SSSR count). The van der Waals surface area contributed by atoms with Crippen molar-refractivity contribution in [1.82, 2.24) is 4.98 Å². The lowest BCUT2D eigenvalue weighted by Crippen LogP contribution is -2.19. The van der Waals surface area contributed by atoms with E-state index in [1.165, 1.54) is 6.20 Å². The smallest absolute Gasteiger partial charge is 0.343 e. The highest BCUT2D eigenvalue weighted by Crippen LogP contribution is 2.23. The first-order valence-electron chi connectivity index (χ1n) is 9.50. The third kappa shape index (κ3) is 4.52. The summed E-state index contributed by atoms with van der Waals surface area (Å²) in [5.74, 6) is 0.0102. The molecule has 26 heavy (non-hydrogen) atoms. The van der Waals surface area contributed by atoms with Crippen molar-refractivity contribution >= 4 is 16.9 Å². The van der Waals surface area contributed by atoms with Crippen molar-refractivity contribution in [3.05, 3.63) is 45.2 Å². The van der Waals surface area contributed by atoms with Crippen LogP contribution < -0.4 is 5.43 Å². The molecule has 0 amide bonds. The second-order valence-electron chi connectivity index (χ2n) is 6.35. The molecule has 1 aromatic heterocycles. The van der Waals surface area contributed by atoms with Gasteiger partial charge in [-0.2, -0.15) is 0 Å². The number of hydrogen-bond donors (Lipinski definition) is 1. The van der Waals surface area contributed by atoms with E-state index in [0.717, 1.165) is 49.1 Å². The minimum atomic E-state index is -0.576. The SMILES string of the molecule is CC.CCOC(=O)c1c[nH]c2c(C)cc(CC3CCOCC3)cc2c1=O. The molecule has 1 saturated heterocycles. The number of rotatable bonds is 4. The minimum absolute atomic E-state index is 0.0620. The van der Waals surface area contributed by atoms with Gasteiger partial charge in [-0.05, 0) is 56.2 Å². The molecule has 2 heterocycles. The first-order valence-corrected chi connectivity index (χ1v) is 9.50. The van der Waals surface area contributed by atoms with Crippen LogP contribution in [0.2, 0.25) is 0 Å². The van der Waals surface area contributed by atoms with Gasteiger partial charge in [0.05, 0.1) is 12.1 Å². The number of hydrogen-bond acceptors (Lipinski definition) is 4. The Balaban J connectivity index is 0.00000117. The average molecular weight is 359 g/mol. The second kappa shape index (κ2) is 9.53. The molecular weight excluding hydrogens is 330 g/mol. The maximum Gasteiger partial charge on any atom is 0.343 e. The number of ether oxygens (including phenoxy) is 2. The normalized spacial score (nSPS) is 14.6. The highest BCUT2D eigenvalue weighted by molar-refractivity contribution is 5.94. The molecule has 1 fully saturated rings. The van der Waals surface area contributed by atoms with Crippen molar-refractivity contribution in [1.29, 1.82) is 0 Å². The van der Waals surface area contributed by atoms with E-state index in [1.807, 2.05) is 26.8 Å². The highest BCUT2D eigenvalue weighted by Gasteiger charge is 2.18. The zero-order chi connectivity index (χ0) is 19.1. The van der Waals surface area contributed by atoms with Crippen LogP contribution >= 0.6 is 0 Å². The van der Waals surface area contributed by atoms with Crippen LogP contribution in [0.3, 0.4) is 0 Å². The predicted octanol–water partition coefficient (Wildman–Crippen LogP) is 4.01. The number of esters is 1. The number of carbonyl (C=O) groups is 1. The maximum atomic E-state index is 12.7. The Kier molecular flexibility index (Phi) is 7.39. The van der Waals surface area contributed by atoms with Crippen molar-refractivity contribution in [2.75, 3.05) is 19.8 Å². The fourth-order valence-electron chi connectivity index (χ4n) is 3.35. The van der Waals surface area contributed by atoms with E-state index in [1.54, 1.807) is 6.92 Å². The Labute approximate surface area is 154 Å². The van der Waals surface area contributed by atoms with Crippen LogP contribution in [0.4, 0.5) is 0 Å². The molecule has 0 radical (unpaired) electrons. The van der Waals surface area contributed by atoms with Crippen LogP contribution in [0.15, 0.2) is 23.1 Å². The molecular formula is C21H29NO4. The first kappa shape index (κ1) is 20.2. The largest absolute Gasteiger partial charge is 0.462 e. The van der Waals surface area contributed by atoms with Crippen molar-refractivity contribution in [3.63, 3.8) is 0 Å². The maximum absolute atomic E-state index is 12.7. The Bertz CT molecular complexity index is 803. The number of nitrogens with one attached hydrogen (secondary N) is 1. The summed E-state index contributed by atoms with van der Waals surface area (Å²) < 4.78 is 10.4. The molecule has 5 nitrogen and oxygen atoms in total. The Morgan fingerprint density at radius 3 is 2.62 bits per heavy atom. The quantitative estimate of drug-likeness (QED) is 0.838. The summed E-state index contributed by atoms with van der Waals surface area (Å²) in [5.41, 5.74) is 2.73. The van der Waals surface area contributed by atoms with Crippen molar-refractivity contribution < 1.29 is 14.3 Å². The van der Waals surface area contributed by atoms with Crippen LogP contribution in [-0.4, -0.2) is 30.8 Å². The molecule has 0 atom stereocenters. The minimum Gasteiger partial charge on any atom is -0.462 e. The summed E-state index contributed by atoms with van der Waals surface area (Å²) in [6.07, 6.45) is 4.49. The summed E-state index contributed by atoms with van der Waals surface area (Å²) in [5, 5.41) is 0.558. The lowest BCUT2D eigenvalue weighted by molar-refractivity contribution is 0.0524. The number of H-pyrrole nitrogens is 1. The molecule has 1 N–H and O–H groups in total. The van der Waals surface area contributed by atoms with Gasteiger partial charge in [-0.15, -0.1) is 0 Å².